The van der Waals surface area contributed by atoms with Gasteiger partial charge < -0.3 is 18.3 Å². The Labute approximate surface area is 480 Å². The van der Waals surface area contributed by atoms with Crippen LogP contribution < -0.4 is 0 Å². The number of pyridine rings is 1. The van der Waals surface area contributed by atoms with Gasteiger partial charge in [0.15, 0.2) is 0 Å². The van der Waals surface area contributed by atoms with Crippen molar-refractivity contribution in [1.29, 1.82) is 0 Å². The first kappa shape index (κ1) is 48.1. The molecule has 5 heterocycles. The number of fused-ring (bicyclic) bond motifs is 14. The van der Waals surface area contributed by atoms with Crippen molar-refractivity contribution in [2.45, 2.75) is 19.9 Å². The molecule has 0 bridgehead atoms. The largest absolute Gasteiger partial charge is 0.309 e. The van der Waals surface area contributed by atoms with Crippen molar-refractivity contribution < 1.29 is 0 Å². The first-order valence-corrected chi connectivity index (χ1v) is 28.6. The van der Waals surface area contributed by atoms with Crippen LogP contribution >= 0.6 is 0 Å². The first-order valence-electron chi connectivity index (χ1n) is 28.6. The van der Waals surface area contributed by atoms with Crippen LogP contribution in [-0.4, -0.2) is 29.0 Å². The Morgan fingerprint density at radius 1 is 0.361 bits per heavy atom. The highest BCUT2D eigenvalue weighted by Gasteiger charge is 2.25. The molecule has 6 nitrogen and oxygen atoms in total. The summed E-state index contributed by atoms with van der Waals surface area (Å²) in [6, 6.07) is 99.0. The summed E-state index contributed by atoms with van der Waals surface area (Å²) >= 11 is 0. The van der Waals surface area contributed by atoms with E-state index in [2.05, 4.69) is 311 Å². The van der Waals surface area contributed by atoms with E-state index in [0.29, 0.717) is 0 Å². The summed E-state index contributed by atoms with van der Waals surface area (Å²) in [5.41, 5.74) is 20.8. The molecule has 0 aliphatic heterocycles. The second kappa shape index (κ2) is 19.5. The van der Waals surface area contributed by atoms with Gasteiger partial charge in [-0.15, -0.1) is 0 Å². The molecule has 0 fully saturated rings. The van der Waals surface area contributed by atoms with Crippen molar-refractivity contribution in [2.24, 2.45) is 4.99 Å². The average Bonchev–Trinajstić information content (AvgIpc) is 1.97. The zero-order valence-electron chi connectivity index (χ0n) is 45.9. The smallest absolute Gasteiger partial charge is 0.0788 e. The van der Waals surface area contributed by atoms with E-state index in [0.717, 1.165) is 95.2 Å². The summed E-state index contributed by atoms with van der Waals surface area (Å²) in [6.07, 6.45) is 4.22. The third-order valence-corrected chi connectivity index (χ3v) is 16.8. The Kier molecular flexibility index (Phi) is 11.3. The van der Waals surface area contributed by atoms with Crippen molar-refractivity contribution in [2.75, 3.05) is 0 Å². The maximum atomic E-state index is 5.33. The summed E-state index contributed by atoms with van der Waals surface area (Å²) < 4.78 is 9.93. The highest BCUT2D eigenvalue weighted by atomic mass is 15.1. The maximum absolute atomic E-state index is 5.33. The van der Waals surface area contributed by atoms with Gasteiger partial charge in [0.2, 0.25) is 0 Å². The lowest BCUT2D eigenvalue weighted by molar-refractivity contribution is 0.821. The maximum Gasteiger partial charge on any atom is 0.0788 e. The molecule has 5 aromatic heterocycles. The van der Waals surface area contributed by atoms with Gasteiger partial charge >= 0.3 is 0 Å². The van der Waals surface area contributed by atoms with Crippen LogP contribution in [-0.2, 0) is 0 Å². The lowest BCUT2D eigenvalue weighted by atomic mass is 10.1. The summed E-state index contributed by atoms with van der Waals surface area (Å²) in [7, 11) is 0. The summed E-state index contributed by atoms with van der Waals surface area (Å²) in [4.78, 5) is 10.5. The minimum atomic E-state index is -0.0171. The van der Waals surface area contributed by atoms with Crippen LogP contribution in [0.25, 0.3) is 132 Å². The van der Waals surface area contributed by atoms with Crippen LogP contribution in [0.4, 0.5) is 0 Å². The highest BCUT2D eigenvalue weighted by molar-refractivity contribution is 6.27. The van der Waals surface area contributed by atoms with Crippen molar-refractivity contribution in [3.05, 3.63) is 296 Å². The van der Waals surface area contributed by atoms with Crippen LogP contribution in [0.2, 0.25) is 0 Å². The molecule has 0 aliphatic carbocycles. The first-order chi connectivity index (χ1) is 41.1. The monoisotopic (exact) mass is 1060 g/mol. The average molecular weight is 1060 g/mol. The van der Waals surface area contributed by atoms with Crippen molar-refractivity contribution in [3.63, 3.8) is 0 Å². The van der Waals surface area contributed by atoms with Crippen LogP contribution in [0.1, 0.15) is 31.0 Å². The number of nitrogens with zero attached hydrogens (tertiary/aromatic N) is 6. The molecule has 6 heteroatoms. The number of para-hydroxylation sites is 4. The Morgan fingerprint density at radius 3 is 1.43 bits per heavy atom. The molecule has 0 radical (unpaired) electrons. The molecule has 0 saturated heterocycles. The van der Waals surface area contributed by atoms with E-state index in [-0.39, 0.29) is 6.04 Å². The van der Waals surface area contributed by atoms with Gasteiger partial charge in [-0.3, -0.25) is 4.99 Å². The number of rotatable bonds is 10. The topological polar surface area (TPSA) is 45.0 Å². The Balaban J connectivity index is 0.904. The lowest BCUT2D eigenvalue weighted by Gasteiger charge is -2.15. The number of aromatic nitrogens is 5. The zero-order valence-corrected chi connectivity index (χ0v) is 45.9. The van der Waals surface area contributed by atoms with Crippen LogP contribution in [0.5, 0.6) is 0 Å². The minimum absolute atomic E-state index is 0.0171. The van der Waals surface area contributed by atoms with E-state index in [1.165, 1.54) is 54.2 Å². The fourth-order valence-electron chi connectivity index (χ4n) is 13.2. The van der Waals surface area contributed by atoms with E-state index in [9.17, 15) is 0 Å². The molecule has 0 aliphatic rings. The molecular weight excluding hydrogens is 1010 g/mol. The van der Waals surface area contributed by atoms with Crippen molar-refractivity contribution in [3.8, 4) is 45.3 Å². The lowest BCUT2D eigenvalue weighted by Crippen LogP contribution is -2.04. The van der Waals surface area contributed by atoms with E-state index < -0.39 is 0 Å². The van der Waals surface area contributed by atoms with Gasteiger partial charge in [0.25, 0.3) is 0 Å². The second-order valence-electron chi connectivity index (χ2n) is 21.6. The van der Waals surface area contributed by atoms with Crippen molar-refractivity contribution >= 4 is 92.9 Å². The summed E-state index contributed by atoms with van der Waals surface area (Å²) in [5.74, 6) is 0. The number of aliphatic imine (C=N–C) groups is 1. The molecule has 1 unspecified atom stereocenters. The Morgan fingerprint density at radius 2 is 0.807 bits per heavy atom. The van der Waals surface area contributed by atoms with Crippen LogP contribution in [0, 0.1) is 0 Å². The normalized spacial score (nSPS) is 12.7. The van der Waals surface area contributed by atoms with Crippen LogP contribution in [0.3, 0.4) is 0 Å². The summed E-state index contributed by atoms with van der Waals surface area (Å²) in [5, 5.41) is 9.62. The predicted molar refractivity (Wildman–Crippen MR) is 349 cm³/mol. The van der Waals surface area contributed by atoms with Crippen molar-refractivity contribution in [1.82, 2.24) is 23.3 Å². The molecule has 0 spiro atoms. The number of benzene rings is 11. The van der Waals surface area contributed by atoms with Gasteiger partial charge in [0, 0.05) is 82.5 Å². The number of allylic oxidation sites excluding steroid dienone is 2. The van der Waals surface area contributed by atoms with Gasteiger partial charge in [-0.25, -0.2) is 4.98 Å². The highest BCUT2D eigenvalue weighted by Crippen LogP contribution is 2.45. The predicted octanol–water partition coefficient (Wildman–Crippen LogP) is 19.9. The van der Waals surface area contributed by atoms with E-state index in [4.69, 9.17) is 9.98 Å². The molecular formula is C77H54N6. The third-order valence-electron chi connectivity index (χ3n) is 16.8. The fourth-order valence-corrected chi connectivity index (χ4v) is 13.2. The summed E-state index contributed by atoms with van der Waals surface area (Å²) in [6.45, 7) is 4.24. The molecule has 0 amide bonds. The van der Waals surface area contributed by atoms with Gasteiger partial charge in [-0.1, -0.05) is 194 Å². The molecule has 11 aromatic carbocycles. The fraction of sp³-hybridized carbons (Fsp3) is 0.0390. The van der Waals surface area contributed by atoms with Gasteiger partial charge in [0.05, 0.1) is 67.3 Å². The van der Waals surface area contributed by atoms with Crippen LogP contribution in [0.15, 0.2) is 290 Å². The quantitative estimate of drug-likeness (QED) is 0.126. The van der Waals surface area contributed by atoms with Gasteiger partial charge in [-0.05, 0) is 110 Å². The second-order valence-corrected chi connectivity index (χ2v) is 21.6. The third kappa shape index (κ3) is 7.71. The van der Waals surface area contributed by atoms with E-state index >= 15 is 0 Å². The van der Waals surface area contributed by atoms with Gasteiger partial charge in [0.1, 0.15) is 0 Å². The molecule has 83 heavy (non-hydrogen) atoms. The van der Waals surface area contributed by atoms with E-state index in [1.807, 2.05) is 6.07 Å². The Bertz CT molecular complexity index is 5300. The molecule has 16 aromatic rings. The standard InChI is InChI=1S/C77H54N6/c1-3-22-66(78-50(2)51-23-6-4-7-24-51)53-27-18-30-56(47-53)82-70-40-15-11-34-60(70)63-43-44-64-61-35-12-16-41-71(61)83(77(64)76(63)82)58-32-20-31-57(49-58)80-72-42-17-13-36-65(72)74-73(80)46-45-62-59-33-10-14-39-69(59)81(75(62)74)55-29-19-28-54(48-55)68-38-21-37-67(79-68)52-25-8-5-9-26-52/h3-50H,1-2H3/b22-3-,78-66+. The molecule has 392 valence electrons. The molecule has 16 rings (SSSR count). The molecule has 1 atom stereocenters. The SMILES string of the molecule is C/C=C\C(=N/C(C)c1ccccc1)c1cccc(-n2c3ccccc3c3ccc4c5ccccc5n(-c5cccc(-n6c7ccccc7c7c6ccc6c8ccccc8n(-c8cccc(-c9cccc(-c%10ccccc%10)n9)c8)c67)c5)c4c32)c1. The minimum Gasteiger partial charge on any atom is -0.309 e. The molecule has 0 saturated carbocycles. The number of hydrogen-bond acceptors (Lipinski definition) is 2. The number of hydrogen-bond donors (Lipinski definition) is 0. The Hall–Kier alpha value is -10.8. The van der Waals surface area contributed by atoms with E-state index in [1.54, 1.807) is 0 Å². The molecule has 0 N–H and O–H groups in total. The zero-order chi connectivity index (χ0) is 55.1. The van der Waals surface area contributed by atoms with Gasteiger partial charge in [-0.2, -0.15) is 0 Å².